The molecule has 2 aromatic heterocycles. The van der Waals surface area contributed by atoms with Gasteiger partial charge in [-0.05, 0) is 42.7 Å². The van der Waals surface area contributed by atoms with E-state index < -0.39 is 7.12 Å². The molecule has 1 aliphatic heterocycles. The van der Waals surface area contributed by atoms with Crippen LogP contribution in [-0.4, -0.2) is 43.6 Å². The third-order valence-electron chi connectivity index (χ3n) is 6.18. The lowest BCUT2D eigenvalue weighted by molar-refractivity contribution is 0.351. The van der Waals surface area contributed by atoms with E-state index in [1.165, 1.54) is 0 Å². The summed E-state index contributed by atoms with van der Waals surface area (Å²) in [6, 6.07) is 15.5. The lowest BCUT2D eigenvalue weighted by Crippen LogP contribution is -2.30. The summed E-state index contributed by atoms with van der Waals surface area (Å²) in [6.07, 6.45) is 0. The van der Waals surface area contributed by atoms with E-state index in [2.05, 4.69) is 47.0 Å². The molecule has 5 rings (SSSR count). The summed E-state index contributed by atoms with van der Waals surface area (Å²) < 4.78 is 2.08. The van der Waals surface area contributed by atoms with Crippen molar-refractivity contribution in [3.05, 3.63) is 76.6 Å². The maximum absolute atomic E-state index is 9.48. The number of benzene rings is 2. The molecule has 0 atom stereocenters. The zero-order chi connectivity index (χ0) is 23.1. The summed E-state index contributed by atoms with van der Waals surface area (Å²) in [5.41, 5.74) is 12.7. The average Bonchev–Trinajstić information content (AvgIpc) is 3.35. The van der Waals surface area contributed by atoms with Gasteiger partial charge in [-0.3, -0.25) is 9.47 Å². The fraction of sp³-hybridized carbons (Fsp3) is 0.250. The van der Waals surface area contributed by atoms with Gasteiger partial charge in [-0.2, -0.15) is 4.98 Å². The average molecular weight is 442 g/mol. The van der Waals surface area contributed by atoms with Crippen LogP contribution in [0.25, 0.3) is 16.9 Å². The Bertz CT molecular complexity index is 1340. The summed E-state index contributed by atoms with van der Waals surface area (Å²) in [7, 11) is 0.582. The molecule has 0 saturated heterocycles. The zero-order valence-electron chi connectivity index (χ0n) is 18.8. The first-order valence-electron chi connectivity index (χ1n) is 11.0. The molecule has 168 valence electrons. The second-order valence-corrected chi connectivity index (χ2v) is 8.62. The highest BCUT2D eigenvalue weighted by Gasteiger charge is 2.24. The first-order chi connectivity index (χ1) is 15.9. The normalized spacial score (nSPS) is 13.5. The summed E-state index contributed by atoms with van der Waals surface area (Å²) in [5, 5.41) is 23.5. The van der Waals surface area contributed by atoms with E-state index in [1.807, 2.05) is 18.2 Å². The van der Waals surface area contributed by atoms with Gasteiger partial charge in [0.2, 0.25) is 5.95 Å². The van der Waals surface area contributed by atoms with Crippen LogP contribution in [0.3, 0.4) is 0 Å². The number of fused-ring (bicyclic) bond motifs is 2. The van der Waals surface area contributed by atoms with E-state index in [9.17, 15) is 10.0 Å². The van der Waals surface area contributed by atoms with Crippen LogP contribution in [0.4, 0.5) is 5.82 Å². The van der Waals surface area contributed by atoms with Gasteiger partial charge in [-0.15, -0.1) is 0 Å². The van der Waals surface area contributed by atoms with Crippen molar-refractivity contribution in [2.45, 2.75) is 33.1 Å². The Labute approximate surface area is 192 Å². The van der Waals surface area contributed by atoms with Crippen molar-refractivity contribution in [1.82, 2.24) is 19.4 Å². The quantitative estimate of drug-likeness (QED) is 0.334. The van der Waals surface area contributed by atoms with Crippen molar-refractivity contribution < 1.29 is 10.0 Å². The number of aromatic nitrogens is 3. The van der Waals surface area contributed by atoms with Gasteiger partial charge in [-0.1, -0.05) is 36.4 Å². The maximum atomic E-state index is 9.48. The van der Waals surface area contributed by atoms with Crippen LogP contribution in [0.2, 0.25) is 0 Å². The van der Waals surface area contributed by atoms with E-state index in [1.54, 1.807) is 12.1 Å². The monoisotopic (exact) mass is 442 g/mol. The number of nitrogens with two attached hydrogens (primary N) is 1. The Balaban J connectivity index is 1.56. The van der Waals surface area contributed by atoms with Crippen LogP contribution in [0, 0.1) is 6.92 Å². The van der Waals surface area contributed by atoms with E-state index in [0.717, 1.165) is 57.9 Å². The molecule has 2 aromatic carbocycles. The molecular formula is C24H27BN6O2. The second-order valence-electron chi connectivity index (χ2n) is 8.62. The Morgan fingerprint density at radius 2 is 1.91 bits per heavy atom. The van der Waals surface area contributed by atoms with Crippen molar-refractivity contribution in [3.8, 4) is 5.95 Å². The Morgan fingerprint density at radius 3 is 2.70 bits per heavy atom. The smallest absolute Gasteiger partial charge is 0.423 e. The van der Waals surface area contributed by atoms with Crippen molar-refractivity contribution in [2.75, 3.05) is 12.4 Å². The fourth-order valence-electron chi connectivity index (χ4n) is 4.56. The van der Waals surface area contributed by atoms with Gasteiger partial charge in [0.05, 0.1) is 11.2 Å². The Morgan fingerprint density at radius 1 is 1.09 bits per heavy atom. The van der Waals surface area contributed by atoms with Crippen molar-refractivity contribution in [1.29, 1.82) is 0 Å². The van der Waals surface area contributed by atoms with E-state index >= 15 is 0 Å². The number of hydrogen-bond donors (Lipinski definition) is 4. The summed E-state index contributed by atoms with van der Waals surface area (Å²) >= 11 is 0. The van der Waals surface area contributed by atoms with Crippen LogP contribution < -0.4 is 16.5 Å². The third-order valence-corrected chi connectivity index (χ3v) is 6.18. The Kier molecular flexibility index (Phi) is 5.63. The summed E-state index contributed by atoms with van der Waals surface area (Å²) in [4.78, 5) is 12.1. The van der Waals surface area contributed by atoms with Crippen molar-refractivity contribution in [3.63, 3.8) is 0 Å². The van der Waals surface area contributed by atoms with Crippen LogP contribution in [0.1, 0.15) is 28.1 Å². The number of hydrogen-bond acceptors (Lipinski definition) is 7. The minimum atomic E-state index is -1.49. The van der Waals surface area contributed by atoms with E-state index in [4.69, 9.17) is 15.7 Å². The predicted molar refractivity (Wildman–Crippen MR) is 130 cm³/mol. The standard InChI is InChI=1S/C24H27BN6O2/c1-15-9-19-17(11-26)6-4-8-22(19)31(15)24-28-21-14-30(2)13-20(21)23(29-24)27-12-16-5-3-7-18(10-16)25(32)33/h3-10,32-33H,11-14,26H2,1-2H3,(H,27,28,29). The second kappa shape index (κ2) is 8.60. The van der Waals surface area contributed by atoms with E-state index in [-0.39, 0.29) is 0 Å². The third kappa shape index (κ3) is 4.00. The molecule has 3 heterocycles. The highest BCUT2D eigenvalue weighted by molar-refractivity contribution is 6.58. The van der Waals surface area contributed by atoms with Gasteiger partial charge in [0, 0.05) is 42.8 Å². The van der Waals surface area contributed by atoms with Gasteiger partial charge >= 0.3 is 7.12 Å². The van der Waals surface area contributed by atoms with Gasteiger partial charge in [-0.25, -0.2) is 4.98 Å². The van der Waals surface area contributed by atoms with Crippen LogP contribution in [-0.2, 0) is 26.2 Å². The molecule has 8 nitrogen and oxygen atoms in total. The van der Waals surface area contributed by atoms with Gasteiger partial charge in [0.25, 0.3) is 0 Å². The zero-order valence-corrected chi connectivity index (χ0v) is 18.8. The number of nitrogens with zero attached hydrogens (tertiary/aromatic N) is 4. The van der Waals surface area contributed by atoms with Crippen LogP contribution in [0.15, 0.2) is 48.5 Å². The number of rotatable bonds is 6. The Hall–Kier alpha value is -3.24. The summed E-state index contributed by atoms with van der Waals surface area (Å²) in [6.45, 7) is 4.58. The number of aryl methyl sites for hydroxylation is 1. The van der Waals surface area contributed by atoms with Crippen molar-refractivity contribution in [2.24, 2.45) is 5.73 Å². The molecule has 33 heavy (non-hydrogen) atoms. The molecule has 0 fully saturated rings. The highest BCUT2D eigenvalue weighted by atomic mass is 16.4. The highest BCUT2D eigenvalue weighted by Crippen LogP contribution is 2.30. The molecular weight excluding hydrogens is 415 g/mol. The molecule has 0 spiro atoms. The summed E-state index contributed by atoms with van der Waals surface area (Å²) in [5.74, 6) is 1.43. The molecule has 0 aliphatic carbocycles. The minimum absolute atomic E-state index is 0.466. The molecule has 0 saturated carbocycles. The van der Waals surface area contributed by atoms with Crippen molar-refractivity contribution >= 4 is 29.3 Å². The minimum Gasteiger partial charge on any atom is -0.423 e. The van der Waals surface area contributed by atoms with Gasteiger partial charge < -0.3 is 21.1 Å². The number of nitrogens with one attached hydrogen (secondary N) is 1. The van der Waals surface area contributed by atoms with Crippen LogP contribution >= 0.6 is 0 Å². The topological polar surface area (TPSA) is 112 Å². The molecule has 0 amide bonds. The molecule has 4 aromatic rings. The lowest BCUT2D eigenvalue weighted by atomic mass is 9.80. The lowest BCUT2D eigenvalue weighted by Gasteiger charge is -2.14. The SMILES string of the molecule is Cc1cc2c(CN)cccc2n1-c1nc2c(c(NCc3cccc(B(O)O)c3)n1)CN(C)C2. The van der Waals surface area contributed by atoms with Crippen LogP contribution in [0.5, 0.6) is 0 Å². The largest absolute Gasteiger partial charge is 0.488 e. The fourth-order valence-corrected chi connectivity index (χ4v) is 4.56. The molecule has 0 radical (unpaired) electrons. The predicted octanol–water partition coefficient (Wildman–Crippen LogP) is 1.42. The molecule has 1 aliphatic rings. The first kappa shape index (κ1) is 21.6. The molecule has 0 unspecified atom stereocenters. The molecule has 0 bridgehead atoms. The van der Waals surface area contributed by atoms with E-state index in [0.29, 0.717) is 24.5 Å². The first-order valence-corrected chi connectivity index (χ1v) is 11.0. The molecule has 5 N–H and O–H groups in total. The number of anilines is 1. The maximum Gasteiger partial charge on any atom is 0.488 e. The van der Waals surface area contributed by atoms with Gasteiger partial charge in [0.15, 0.2) is 0 Å². The molecule has 9 heteroatoms. The van der Waals surface area contributed by atoms with Gasteiger partial charge in [0.1, 0.15) is 5.82 Å².